The first-order valence-electron chi connectivity index (χ1n) is 7.68. The second-order valence-electron chi connectivity index (χ2n) is 5.88. The quantitative estimate of drug-likeness (QED) is 0.641. The predicted molar refractivity (Wildman–Crippen MR) is 76.3 cm³/mol. The minimum absolute atomic E-state index is 0.285. The van der Waals surface area contributed by atoms with Gasteiger partial charge < -0.3 is 4.90 Å². The van der Waals surface area contributed by atoms with Crippen molar-refractivity contribution < 1.29 is 4.79 Å². The molecular weight excluding hydrogens is 224 g/mol. The molecule has 1 N–H and O–H groups in total. The van der Waals surface area contributed by atoms with Crippen molar-refractivity contribution in [2.75, 3.05) is 13.1 Å². The van der Waals surface area contributed by atoms with Crippen molar-refractivity contribution >= 4 is 5.91 Å². The Kier molecular flexibility index (Phi) is 7.33. The van der Waals surface area contributed by atoms with E-state index in [1.807, 2.05) is 0 Å². The highest BCUT2D eigenvalue weighted by Crippen LogP contribution is 2.15. The maximum Gasteiger partial charge on any atom is 0.237 e. The van der Waals surface area contributed by atoms with Crippen LogP contribution in [0, 0.1) is 5.92 Å². The fraction of sp³-hybridized carbons (Fsp3) is 0.933. The molecule has 1 heterocycles. The lowest BCUT2D eigenvalue weighted by Crippen LogP contribution is -2.38. The molecule has 0 aromatic rings. The van der Waals surface area contributed by atoms with Gasteiger partial charge in [-0.25, -0.2) is 0 Å². The van der Waals surface area contributed by atoms with Crippen LogP contribution in [0.25, 0.3) is 0 Å². The van der Waals surface area contributed by atoms with Gasteiger partial charge in [0, 0.05) is 6.54 Å². The van der Waals surface area contributed by atoms with Gasteiger partial charge in [0.1, 0.15) is 0 Å². The van der Waals surface area contributed by atoms with Crippen LogP contribution < -0.4 is 5.32 Å². The van der Waals surface area contributed by atoms with E-state index >= 15 is 0 Å². The SMILES string of the molecule is CCCCCCCCN1C(=O)CNC1CC(C)C. The Morgan fingerprint density at radius 2 is 1.89 bits per heavy atom. The third kappa shape index (κ3) is 5.38. The average Bonchev–Trinajstić information content (AvgIpc) is 2.65. The lowest BCUT2D eigenvalue weighted by molar-refractivity contribution is -0.128. The zero-order valence-corrected chi connectivity index (χ0v) is 12.4. The van der Waals surface area contributed by atoms with Crippen molar-refractivity contribution in [2.24, 2.45) is 5.92 Å². The number of hydrogen-bond donors (Lipinski definition) is 1. The molecule has 3 heteroatoms. The van der Waals surface area contributed by atoms with Gasteiger partial charge in [-0.2, -0.15) is 0 Å². The number of unbranched alkanes of at least 4 members (excludes halogenated alkanes) is 5. The van der Waals surface area contributed by atoms with E-state index in [4.69, 9.17) is 0 Å². The highest BCUT2D eigenvalue weighted by Gasteiger charge is 2.29. The molecule has 106 valence electrons. The summed E-state index contributed by atoms with van der Waals surface area (Å²) in [5.41, 5.74) is 0. The van der Waals surface area contributed by atoms with Gasteiger partial charge in [-0.3, -0.25) is 10.1 Å². The summed E-state index contributed by atoms with van der Waals surface area (Å²) in [5, 5.41) is 3.33. The molecule has 1 atom stereocenters. The first-order chi connectivity index (χ1) is 8.65. The number of nitrogens with zero attached hydrogens (tertiary/aromatic N) is 1. The topological polar surface area (TPSA) is 32.3 Å². The van der Waals surface area contributed by atoms with E-state index in [9.17, 15) is 4.79 Å². The summed E-state index contributed by atoms with van der Waals surface area (Å²) in [6, 6.07) is 0. The van der Waals surface area contributed by atoms with Crippen LogP contribution in [0.5, 0.6) is 0 Å². The summed E-state index contributed by atoms with van der Waals surface area (Å²) in [6.45, 7) is 8.15. The molecule has 1 fully saturated rings. The Hall–Kier alpha value is -0.570. The van der Waals surface area contributed by atoms with Crippen molar-refractivity contribution in [3.05, 3.63) is 0 Å². The molecule has 1 amide bonds. The van der Waals surface area contributed by atoms with Crippen molar-refractivity contribution in [3.63, 3.8) is 0 Å². The Balaban J connectivity index is 2.19. The fourth-order valence-electron chi connectivity index (χ4n) is 2.59. The smallest absolute Gasteiger partial charge is 0.237 e. The van der Waals surface area contributed by atoms with Crippen molar-refractivity contribution in [1.29, 1.82) is 0 Å². The van der Waals surface area contributed by atoms with Gasteiger partial charge in [0.15, 0.2) is 0 Å². The second kappa shape index (κ2) is 8.52. The van der Waals surface area contributed by atoms with Crippen molar-refractivity contribution in [1.82, 2.24) is 10.2 Å². The summed E-state index contributed by atoms with van der Waals surface area (Å²) < 4.78 is 0. The minimum Gasteiger partial charge on any atom is -0.326 e. The monoisotopic (exact) mass is 254 g/mol. The standard InChI is InChI=1S/C15H30N2O/c1-4-5-6-7-8-9-10-17-14(11-13(2)3)16-12-15(17)18/h13-14,16H,4-12H2,1-3H3. The molecule has 1 rings (SSSR count). The van der Waals surface area contributed by atoms with Crippen molar-refractivity contribution in [2.45, 2.75) is 71.9 Å². The number of hydrogen-bond acceptors (Lipinski definition) is 2. The van der Waals surface area contributed by atoms with Gasteiger partial charge in [0.2, 0.25) is 5.91 Å². The van der Waals surface area contributed by atoms with E-state index in [-0.39, 0.29) is 12.1 Å². The molecular formula is C15H30N2O. The van der Waals surface area contributed by atoms with Crippen LogP contribution in [0.15, 0.2) is 0 Å². The molecule has 0 radical (unpaired) electrons. The molecule has 0 saturated carbocycles. The summed E-state index contributed by atoms with van der Waals surface area (Å²) in [4.78, 5) is 13.9. The molecule has 3 nitrogen and oxygen atoms in total. The highest BCUT2D eigenvalue weighted by atomic mass is 16.2. The van der Waals surface area contributed by atoms with Gasteiger partial charge in [-0.1, -0.05) is 52.9 Å². The van der Waals surface area contributed by atoms with E-state index in [0.717, 1.165) is 19.4 Å². The number of carbonyl (C=O) groups excluding carboxylic acids is 1. The van der Waals surface area contributed by atoms with Crippen LogP contribution in [0.3, 0.4) is 0 Å². The van der Waals surface area contributed by atoms with Gasteiger partial charge in [0.05, 0.1) is 12.7 Å². The lowest BCUT2D eigenvalue weighted by atomic mass is 10.1. The fourth-order valence-corrected chi connectivity index (χ4v) is 2.59. The maximum absolute atomic E-state index is 11.8. The van der Waals surface area contributed by atoms with E-state index in [1.165, 1.54) is 32.1 Å². The second-order valence-corrected chi connectivity index (χ2v) is 5.88. The molecule has 18 heavy (non-hydrogen) atoms. The van der Waals surface area contributed by atoms with Gasteiger partial charge in [0.25, 0.3) is 0 Å². The van der Waals surface area contributed by atoms with Crippen LogP contribution in [0.4, 0.5) is 0 Å². The molecule has 0 bridgehead atoms. The van der Waals surface area contributed by atoms with Crippen LogP contribution in [0.2, 0.25) is 0 Å². The van der Waals surface area contributed by atoms with Crippen LogP contribution in [-0.4, -0.2) is 30.1 Å². The third-order valence-corrected chi connectivity index (χ3v) is 3.63. The first-order valence-corrected chi connectivity index (χ1v) is 7.68. The van der Waals surface area contributed by atoms with E-state index in [2.05, 4.69) is 31.0 Å². The predicted octanol–water partition coefficient (Wildman–Crippen LogP) is 3.15. The molecule has 0 aliphatic carbocycles. The van der Waals surface area contributed by atoms with E-state index in [1.54, 1.807) is 0 Å². The Labute approximate surface area is 112 Å². The number of rotatable bonds is 9. The van der Waals surface area contributed by atoms with Gasteiger partial charge in [-0.05, 0) is 18.8 Å². The van der Waals surface area contributed by atoms with Gasteiger partial charge in [-0.15, -0.1) is 0 Å². The van der Waals surface area contributed by atoms with E-state index in [0.29, 0.717) is 12.5 Å². The Morgan fingerprint density at radius 3 is 2.56 bits per heavy atom. The van der Waals surface area contributed by atoms with Crippen molar-refractivity contribution in [3.8, 4) is 0 Å². The number of nitrogens with one attached hydrogen (secondary N) is 1. The maximum atomic E-state index is 11.8. The summed E-state index contributed by atoms with van der Waals surface area (Å²) >= 11 is 0. The largest absolute Gasteiger partial charge is 0.326 e. The third-order valence-electron chi connectivity index (χ3n) is 3.63. The van der Waals surface area contributed by atoms with Gasteiger partial charge >= 0.3 is 0 Å². The highest BCUT2D eigenvalue weighted by molar-refractivity contribution is 5.80. The molecule has 0 aromatic heterocycles. The zero-order valence-electron chi connectivity index (χ0n) is 12.4. The van der Waals surface area contributed by atoms with Crippen LogP contribution in [0.1, 0.15) is 65.7 Å². The normalized spacial score (nSPS) is 20.1. The summed E-state index contributed by atoms with van der Waals surface area (Å²) in [6.07, 6.45) is 9.08. The molecule has 1 aliphatic rings. The molecule has 1 saturated heterocycles. The average molecular weight is 254 g/mol. The summed E-state index contributed by atoms with van der Waals surface area (Å²) in [5.74, 6) is 0.926. The Morgan fingerprint density at radius 1 is 1.22 bits per heavy atom. The first kappa shape index (κ1) is 15.5. The van der Waals surface area contributed by atoms with Crippen LogP contribution >= 0.6 is 0 Å². The molecule has 1 aliphatic heterocycles. The van der Waals surface area contributed by atoms with Crippen LogP contribution in [-0.2, 0) is 4.79 Å². The molecule has 0 aromatic carbocycles. The summed E-state index contributed by atoms with van der Waals surface area (Å²) in [7, 11) is 0. The lowest BCUT2D eigenvalue weighted by Gasteiger charge is -2.25. The van der Waals surface area contributed by atoms with E-state index < -0.39 is 0 Å². The molecule has 1 unspecified atom stereocenters. The number of amides is 1. The number of carbonyl (C=O) groups is 1. The molecule has 0 spiro atoms. The zero-order chi connectivity index (χ0) is 13.4. The minimum atomic E-state index is 0.285. The Bertz CT molecular complexity index is 241.